The highest BCUT2D eigenvalue weighted by atomic mass is 32.2. The van der Waals surface area contributed by atoms with Gasteiger partial charge in [0.2, 0.25) is 5.91 Å². The van der Waals surface area contributed by atoms with Crippen LogP contribution in [-0.2, 0) is 9.53 Å². The van der Waals surface area contributed by atoms with Gasteiger partial charge in [0, 0.05) is 11.5 Å². The molecule has 0 spiro atoms. The van der Waals surface area contributed by atoms with E-state index < -0.39 is 0 Å². The van der Waals surface area contributed by atoms with Gasteiger partial charge in [0.05, 0.1) is 6.04 Å². The molecule has 1 aliphatic heterocycles. The first-order valence-corrected chi connectivity index (χ1v) is 7.49. The van der Waals surface area contributed by atoms with Crippen molar-refractivity contribution < 1.29 is 9.53 Å². The lowest BCUT2D eigenvalue weighted by Crippen LogP contribution is -2.35. The number of carbonyl (C=O) groups is 1. The van der Waals surface area contributed by atoms with E-state index in [1.165, 1.54) is 4.90 Å². The highest BCUT2D eigenvalue weighted by Gasteiger charge is 2.24. The van der Waals surface area contributed by atoms with Crippen LogP contribution in [0.3, 0.4) is 0 Å². The van der Waals surface area contributed by atoms with E-state index >= 15 is 0 Å². The molecule has 2 rings (SSSR count). The molecule has 1 heterocycles. The number of thioether (sulfide) groups is 1. The second-order valence-corrected chi connectivity index (χ2v) is 5.38. The first-order chi connectivity index (χ1) is 8.70. The zero-order valence-electron chi connectivity index (χ0n) is 10.8. The number of carbonyl (C=O) groups excluding carboxylic acids is 1. The fourth-order valence-electron chi connectivity index (χ4n) is 2.07. The molecule has 1 saturated heterocycles. The van der Waals surface area contributed by atoms with Gasteiger partial charge in [0.1, 0.15) is 6.10 Å². The third-order valence-corrected chi connectivity index (χ3v) is 3.94. The van der Waals surface area contributed by atoms with Crippen LogP contribution >= 0.6 is 11.8 Å². The minimum absolute atomic E-state index is 0.00828. The highest BCUT2D eigenvalue weighted by Crippen LogP contribution is 2.20. The molecule has 0 unspecified atom stereocenters. The van der Waals surface area contributed by atoms with Crippen molar-refractivity contribution in [3.8, 4) is 0 Å². The molecular formula is C14H19NO2S. The number of rotatable bonds is 4. The summed E-state index contributed by atoms with van der Waals surface area (Å²) in [5, 5.41) is 3.00. The van der Waals surface area contributed by atoms with Gasteiger partial charge in [-0.25, -0.2) is 0 Å². The van der Waals surface area contributed by atoms with Crippen LogP contribution in [0.2, 0.25) is 0 Å². The van der Waals surface area contributed by atoms with Crippen molar-refractivity contribution in [2.45, 2.75) is 36.8 Å². The maximum atomic E-state index is 11.9. The normalized spacial score (nSPS) is 20.7. The molecule has 4 heteroatoms. The number of ether oxygens (including phenoxy) is 1. The van der Waals surface area contributed by atoms with Crippen molar-refractivity contribution in [2.24, 2.45) is 0 Å². The maximum Gasteiger partial charge on any atom is 0.249 e. The van der Waals surface area contributed by atoms with Gasteiger partial charge in [0.25, 0.3) is 0 Å². The summed E-state index contributed by atoms with van der Waals surface area (Å²) in [5.74, 6) is 0.00828. The molecule has 1 aromatic rings. The van der Waals surface area contributed by atoms with E-state index in [0.717, 1.165) is 18.4 Å². The molecule has 1 aromatic carbocycles. The molecule has 1 N–H and O–H groups in total. The Kier molecular flexibility index (Phi) is 4.66. The quantitative estimate of drug-likeness (QED) is 0.851. The third kappa shape index (κ3) is 3.27. The van der Waals surface area contributed by atoms with Gasteiger partial charge in [-0.05, 0) is 43.7 Å². The molecule has 0 saturated carbocycles. The molecule has 0 bridgehead atoms. The van der Waals surface area contributed by atoms with Crippen LogP contribution in [0.1, 0.15) is 31.4 Å². The lowest BCUT2D eigenvalue weighted by Gasteiger charge is -2.17. The zero-order valence-corrected chi connectivity index (χ0v) is 11.6. The Morgan fingerprint density at radius 1 is 1.44 bits per heavy atom. The van der Waals surface area contributed by atoms with E-state index in [1.54, 1.807) is 11.8 Å². The van der Waals surface area contributed by atoms with E-state index in [0.29, 0.717) is 6.61 Å². The van der Waals surface area contributed by atoms with Crippen LogP contribution in [0.25, 0.3) is 0 Å². The topological polar surface area (TPSA) is 38.3 Å². The summed E-state index contributed by atoms with van der Waals surface area (Å²) in [4.78, 5) is 13.1. The Morgan fingerprint density at radius 2 is 2.17 bits per heavy atom. The summed E-state index contributed by atoms with van der Waals surface area (Å²) in [5.41, 5.74) is 1.12. The summed E-state index contributed by atoms with van der Waals surface area (Å²) >= 11 is 1.72. The Labute approximate surface area is 112 Å². The van der Waals surface area contributed by atoms with E-state index in [1.807, 2.05) is 6.92 Å². The minimum Gasteiger partial charge on any atom is -0.368 e. The van der Waals surface area contributed by atoms with Crippen LogP contribution in [0.4, 0.5) is 0 Å². The first-order valence-electron chi connectivity index (χ1n) is 6.26. The zero-order chi connectivity index (χ0) is 13.0. The standard InChI is InChI=1S/C14H19NO2S/c1-10(11-5-7-12(18-2)8-6-11)15-14(16)13-4-3-9-17-13/h5-8,10,13H,3-4,9H2,1-2H3,(H,15,16)/t10-,13-/m1/s1. The van der Waals surface area contributed by atoms with Crippen LogP contribution in [-0.4, -0.2) is 24.9 Å². The van der Waals surface area contributed by atoms with Crippen molar-refractivity contribution >= 4 is 17.7 Å². The third-order valence-electron chi connectivity index (χ3n) is 3.20. The Bertz CT molecular complexity index is 399. The lowest BCUT2D eigenvalue weighted by molar-refractivity contribution is -0.130. The Hall–Kier alpha value is -1.00. The van der Waals surface area contributed by atoms with Crippen LogP contribution < -0.4 is 5.32 Å². The molecule has 1 fully saturated rings. The first kappa shape index (κ1) is 13.4. The van der Waals surface area contributed by atoms with Crippen molar-refractivity contribution in [1.82, 2.24) is 5.32 Å². The minimum atomic E-state index is -0.252. The fourth-order valence-corrected chi connectivity index (χ4v) is 2.47. The number of benzene rings is 1. The number of nitrogens with one attached hydrogen (secondary N) is 1. The maximum absolute atomic E-state index is 11.9. The number of hydrogen-bond acceptors (Lipinski definition) is 3. The van der Waals surface area contributed by atoms with Gasteiger partial charge >= 0.3 is 0 Å². The molecule has 2 atom stereocenters. The Balaban J connectivity index is 1.93. The molecule has 1 aliphatic rings. The van der Waals surface area contributed by atoms with Gasteiger partial charge in [-0.1, -0.05) is 12.1 Å². The fraction of sp³-hybridized carbons (Fsp3) is 0.500. The van der Waals surface area contributed by atoms with Crippen LogP contribution in [0.15, 0.2) is 29.2 Å². The second kappa shape index (κ2) is 6.25. The average Bonchev–Trinajstić information content (AvgIpc) is 2.92. The summed E-state index contributed by atoms with van der Waals surface area (Å²) in [6.07, 6.45) is 3.62. The van der Waals surface area contributed by atoms with E-state index in [9.17, 15) is 4.79 Å². The molecule has 0 aromatic heterocycles. The molecule has 0 aliphatic carbocycles. The molecule has 1 amide bonds. The molecule has 18 heavy (non-hydrogen) atoms. The molecule has 0 radical (unpaired) electrons. The van der Waals surface area contributed by atoms with Crippen molar-refractivity contribution in [3.05, 3.63) is 29.8 Å². The summed E-state index contributed by atoms with van der Waals surface area (Å²) in [6.45, 7) is 2.70. The van der Waals surface area contributed by atoms with Crippen molar-refractivity contribution in [2.75, 3.05) is 12.9 Å². The predicted octanol–water partition coefficient (Wildman–Crippen LogP) is 2.76. The molecule has 98 valence electrons. The lowest BCUT2D eigenvalue weighted by atomic mass is 10.1. The smallest absolute Gasteiger partial charge is 0.249 e. The SMILES string of the molecule is CSc1ccc([C@@H](C)NC(=O)[C@H]2CCCO2)cc1. The Morgan fingerprint density at radius 3 is 2.72 bits per heavy atom. The summed E-state index contributed by atoms with van der Waals surface area (Å²) < 4.78 is 5.37. The largest absolute Gasteiger partial charge is 0.368 e. The number of hydrogen-bond donors (Lipinski definition) is 1. The van der Waals surface area contributed by atoms with E-state index in [-0.39, 0.29) is 18.1 Å². The van der Waals surface area contributed by atoms with E-state index in [2.05, 4.69) is 35.8 Å². The monoisotopic (exact) mass is 265 g/mol. The summed E-state index contributed by atoms with van der Waals surface area (Å²) in [6, 6.07) is 8.31. The van der Waals surface area contributed by atoms with Crippen LogP contribution in [0, 0.1) is 0 Å². The van der Waals surface area contributed by atoms with E-state index in [4.69, 9.17) is 4.74 Å². The van der Waals surface area contributed by atoms with Crippen LogP contribution in [0.5, 0.6) is 0 Å². The highest BCUT2D eigenvalue weighted by molar-refractivity contribution is 7.98. The number of amides is 1. The second-order valence-electron chi connectivity index (χ2n) is 4.51. The molecular weight excluding hydrogens is 246 g/mol. The van der Waals surface area contributed by atoms with Gasteiger partial charge in [0.15, 0.2) is 0 Å². The summed E-state index contributed by atoms with van der Waals surface area (Å²) in [7, 11) is 0. The van der Waals surface area contributed by atoms with Gasteiger partial charge in [-0.2, -0.15) is 0 Å². The van der Waals surface area contributed by atoms with Gasteiger partial charge in [-0.15, -0.1) is 11.8 Å². The average molecular weight is 265 g/mol. The van der Waals surface area contributed by atoms with Gasteiger partial charge < -0.3 is 10.1 Å². The van der Waals surface area contributed by atoms with Gasteiger partial charge in [-0.3, -0.25) is 4.79 Å². The predicted molar refractivity (Wildman–Crippen MR) is 73.8 cm³/mol. The van der Waals surface area contributed by atoms with Crippen molar-refractivity contribution in [3.63, 3.8) is 0 Å². The van der Waals surface area contributed by atoms with Crippen molar-refractivity contribution in [1.29, 1.82) is 0 Å². The molecule has 3 nitrogen and oxygen atoms in total.